The Balaban J connectivity index is 2.06. The number of rotatable bonds is 1. The third kappa shape index (κ3) is 1.61. The smallest absolute Gasteiger partial charge is 0.223 e. The zero-order valence-corrected chi connectivity index (χ0v) is 10.6. The third-order valence-electron chi connectivity index (χ3n) is 3.64. The highest BCUT2D eigenvalue weighted by molar-refractivity contribution is 5.92. The Morgan fingerprint density at radius 1 is 1.06 bits per heavy atom. The standard InChI is InChI=1S/C16H15NO/c1-11(18)17(2)14-7-8-16-13(10-14)9-12-5-3-4-6-15(12)16/h3-8,10H,9H2,1-2H3. The molecule has 2 nitrogen and oxygen atoms in total. The molecule has 0 aromatic heterocycles. The van der Waals surface area contributed by atoms with Crippen LogP contribution < -0.4 is 4.90 Å². The molecule has 0 atom stereocenters. The average molecular weight is 237 g/mol. The molecule has 18 heavy (non-hydrogen) atoms. The first-order chi connectivity index (χ1) is 8.66. The van der Waals surface area contributed by atoms with Crippen LogP contribution in [0.3, 0.4) is 0 Å². The topological polar surface area (TPSA) is 20.3 Å². The van der Waals surface area contributed by atoms with Crippen molar-refractivity contribution in [2.24, 2.45) is 0 Å². The Hall–Kier alpha value is -2.09. The number of amides is 1. The van der Waals surface area contributed by atoms with Crippen LogP contribution in [0.4, 0.5) is 5.69 Å². The van der Waals surface area contributed by atoms with Crippen LogP contribution in [0.5, 0.6) is 0 Å². The lowest BCUT2D eigenvalue weighted by Crippen LogP contribution is -2.22. The molecule has 0 N–H and O–H groups in total. The SMILES string of the molecule is CC(=O)N(C)c1ccc2c(c1)Cc1ccccc1-2. The highest BCUT2D eigenvalue weighted by Crippen LogP contribution is 2.37. The predicted octanol–water partition coefficient (Wildman–Crippen LogP) is 3.24. The molecule has 0 spiro atoms. The lowest BCUT2D eigenvalue weighted by molar-refractivity contribution is -0.116. The van der Waals surface area contributed by atoms with E-state index in [0.717, 1.165) is 12.1 Å². The highest BCUT2D eigenvalue weighted by atomic mass is 16.2. The summed E-state index contributed by atoms with van der Waals surface area (Å²) in [5.74, 6) is 0.0606. The minimum Gasteiger partial charge on any atom is -0.316 e. The van der Waals surface area contributed by atoms with Crippen LogP contribution >= 0.6 is 0 Å². The van der Waals surface area contributed by atoms with Crippen molar-refractivity contribution in [3.05, 3.63) is 53.6 Å². The highest BCUT2D eigenvalue weighted by Gasteiger charge is 2.18. The summed E-state index contributed by atoms with van der Waals surface area (Å²) in [5.41, 5.74) is 6.27. The molecule has 0 heterocycles. The van der Waals surface area contributed by atoms with Crippen molar-refractivity contribution in [1.29, 1.82) is 0 Å². The van der Waals surface area contributed by atoms with Crippen LogP contribution in [0.2, 0.25) is 0 Å². The van der Waals surface area contributed by atoms with Crippen LogP contribution in [0.25, 0.3) is 11.1 Å². The van der Waals surface area contributed by atoms with E-state index in [-0.39, 0.29) is 5.91 Å². The van der Waals surface area contributed by atoms with Crippen LogP contribution in [0.1, 0.15) is 18.1 Å². The summed E-state index contributed by atoms with van der Waals surface area (Å²) >= 11 is 0. The van der Waals surface area contributed by atoms with Gasteiger partial charge in [0.15, 0.2) is 0 Å². The number of fused-ring (bicyclic) bond motifs is 3. The largest absolute Gasteiger partial charge is 0.316 e. The number of hydrogen-bond acceptors (Lipinski definition) is 1. The Labute approximate surface area is 107 Å². The van der Waals surface area contributed by atoms with Crippen molar-refractivity contribution < 1.29 is 4.79 Å². The van der Waals surface area contributed by atoms with E-state index in [1.807, 2.05) is 13.1 Å². The van der Waals surface area contributed by atoms with Gasteiger partial charge in [-0.05, 0) is 40.8 Å². The number of nitrogens with zero attached hydrogens (tertiary/aromatic N) is 1. The molecule has 2 aromatic carbocycles. The molecule has 3 rings (SSSR count). The van der Waals surface area contributed by atoms with Crippen molar-refractivity contribution in [2.45, 2.75) is 13.3 Å². The van der Waals surface area contributed by atoms with Crippen LogP contribution in [0, 0.1) is 0 Å². The first-order valence-electron chi connectivity index (χ1n) is 6.12. The minimum atomic E-state index is 0.0606. The Bertz CT molecular complexity index is 631. The summed E-state index contributed by atoms with van der Waals surface area (Å²) in [7, 11) is 1.81. The summed E-state index contributed by atoms with van der Waals surface area (Å²) in [6.45, 7) is 1.59. The zero-order valence-electron chi connectivity index (χ0n) is 10.6. The van der Waals surface area contributed by atoms with E-state index >= 15 is 0 Å². The molecule has 0 aliphatic heterocycles. The quantitative estimate of drug-likeness (QED) is 0.636. The van der Waals surface area contributed by atoms with Gasteiger partial charge in [0, 0.05) is 19.7 Å². The number of carbonyl (C=O) groups excluding carboxylic acids is 1. The normalized spacial score (nSPS) is 11.9. The molecule has 1 aliphatic rings. The minimum absolute atomic E-state index is 0.0606. The van der Waals surface area contributed by atoms with Crippen LogP contribution in [-0.4, -0.2) is 13.0 Å². The van der Waals surface area contributed by atoms with Gasteiger partial charge in [0.1, 0.15) is 0 Å². The first-order valence-corrected chi connectivity index (χ1v) is 6.12. The number of benzene rings is 2. The first kappa shape index (κ1) is 11.0. The second-order valence-corrected chi connectivity index (χ2v) is 4.75. The van der Waals surface area contributed by atoms with E-state index in [0.29, 0.717) is 0 Å². The van der Waals surface area contributed by atoms with Gasteiger partial charge in [-0.3, -0.25) is 4.79 Å². The molecule has 0 radical (unpaired) electrons. The van der Waals surface area contributed by atoms with Gasteiger partial charge in [-0.2, -0.15) is 0 Å². The third-order valence-corrected chi connectivity index (χ3v) is 3.64. The molecule has 2 aromatic rings. The molecule has 0 unspecified atom stereocenters. The summed E-state index contributed by atoms with van der Waals surface area (Å²) in [5, 5.41) is 0. The maximum absolute atomic E-state index is 11.4. The molecule has 0 fully saturated rings. The summed E-state index contributed by atoms with van der Waals surface area (Å²) in [6.07, 6.45) is 0.963. The van der Waals surface area contributed by atoms with E-state index in [4.69, 9.17) is 0 Å². The van der Waals surface area contributed by atoms with Gasteiger partial charge in [0.25, 0.3) is 0 Å². The van der Waals surface area contributed by atoms with Crippen molar-refractivity contribution in [3.8, 4) is 11.1 Å². The Kier molecular flexibility index (Phi) is 2.44. The van der Waals surface area contributed by atoms with E-state index in [2.05, 4.69) is 36.4 Å². The molecule has 1 amide bonds. The Morgan fingerprint density at radius 3 is 2.56 bits per heavy atom. The maximum Gasteiger partial charge on any atom is 0.223 e. The molecular formula is C16H15NO. The van der Waals surface area contributed by atoms with Crippen molar-refractivity contribution in [3.63, 3.8) is 0 Å². The number of hydrogen-bond donors (Lipinski definition) is 0. The van der Waals surface area contributed by atoms with Gasteiger partial charge < -0.3 is 4.90 Å². The molecule has 2 heteroatoms. The van der Waals surface area contributed by atoms with Crippen LogP contribution in [-0.2, 0) is 11.2 Å². The van der Waals surface area contributed by atoms with Crippen molar-refractivity contribution in [2.75, 3.05) is 11.9 Å². The zero-order chi connectivity index (χ0) is 12.7. The lowest BCUT2D eigenvalue weighted by Gasteiger charge is -2.16. The maximum atomic E-state index is 11.4. The van der Waals surface area contributed by atoms with Gasteiger partial charge >= 0.3 is 0 Å². The second-order valence-electron chi connectivity index (χ2n) is 4.75. The molecule has 0 saturated carbocycles. The molecule has 0 bridgehead atoms. The van der Waals surface area contributed by atoms with Gasteiger partial charge in [0.05, 0.1) is 0 Å². The van der Waals surface area contributed by atoms with E-state index in [9.17, 15) is 4.79 Å². The van der Waals surface area contributed by atoms with Crippen molar-refractivity contribution in [1.82, 2.24) is 0 Å². The second kappa shape index (κ2) is 3.98. The summed E-state index contributed by atoms with van der Waals surface area (Å²) in [6, 6.07) is 14.7. The summed E-state index contributed by atoms with van der Waals surface area (Å²) in [4.78, 5) is 13.1. The van der Waals surface area contributed by atoms with Gasteiger partial charge in [-0.15, -0.1) is 0 Å². The fraction of sp³-hybridized carbons (Fsp3) is 0.188. The molecular weight excluding hydrogens is 222 g/mol. The lowest BCUT2D eigenvalue weighted by atomic mass is 10.1. The fourth-order valence-electron chi connectivity index (χ4n) is 2.52. The molecule has 90 valence electrons. The van der Waals surface area contributed by atoms with Crippen LogP contribution in [0.15, 0.2) is 42.5 Å². The molecule has 0 saturated heterocycles. The van der Waals surface area contributed by atoms with E-state index in [1.54, 1.807) is 11.8 Å². The predicted molar refractivity (Wildman–Crippen MR) is 73.8 cm³/mol. The molecule has 1 aliphatic carbocycles. The van der Waals surface area contributed by atoms with Crippen molar-refractivity contribution >= 4 is 11.6 Å². The Morgan fingerprint density at radius 2 is 1.78 bits per heavy atom. The van der Waals surface area contributed by atoms with Gasteiger partial charge in [-0.1, -0.05) is 30.3 Å². The van der Waals surface area contributed by atoms with Gasteiger partial charge in [0.2, 0.25) is 5.91 Å². The summed E-state index contributed by atoms with van der Waals surface area (Å²) < 4.78 is 0. The number of anilines is 1. The number of carbonyl (C=O) groups is 1. The monoisotopic (exact) mass is 237 g/mol. The van der Waals surface area contributed by atoms with Gasteiger partial charge in [-0.25, -0.2) is 0 Å². The van der Waals surface area contributed by atoms with E-state index < -0.39 is 0 Å². The average Bonchev–Trinajstić information content (AvgIpc) is 2.75. The van der Waals surface area contributed by atoms with E-state index in [1.165, 1.54) is 22.3 Å². The fourth-order valence-corrected chi connectivity index (χ4v) is 2.52.